The van der Waals surface area contributed by atoms with E-state index in [4.69, 9.17) is 52.1 Å². The van der Waals surface area contributed by atoms with Crippen LogP contribution in [0, 0.1) is 0 Å². The lowest BCUT2D eigenvalue weighted by Gasteiger charge is -2.15. The predicted molar refractivity (Wildman–Crippen MR) is 460 cm³/mol. The van der Waals surface area contributed by atoms with Crippen LogP contribution in [-0.4, -0.2) is 214 Å². The number of nitrogens with zero attached hydrogens (tertiary/aromatic N) is 6. The average molecular weight is 1660 g/mol. The molecule has 1 saturated heterocycles. The topological polar surface area (TPSA) is 246 Å². The number of benzene rings is 6. The van der Waals surface area contributed by atoms with E-state index in [1.807, 2.05) is 144 Å². The zero-order valence-electron chi connectivity index (χ0n) is 65.3. The number of hydrogen-bond donors (Lipinski definition) is 5. The van der Waals surface area contributed by atoms with E-state index in [9.17, 15) is 21.6 Å². The zero-order valence-corrected chi connectivity index (χ0v) is 69.5. The monoisotopic (exact) mass is 1660 g/mol. The van der Waals surface area contributed by atoms with Gasteiger partial charge in [0.2, 0.25) is 17.1 Å². The standard InChI is InChI=1S/C27H31N3O4.C27H29N3O2S2.C24H21F3N2O5S.C4H11NO2.C2H6S2/c1-30(2)16-17-33-21-12-10-20(11-13-21)26-24(19-8-6-5-7-9-19)25-22(14-15-28-27(25)34-26)29-18-23(31-3)32-4;1-30(2)14-15-31-21-10-8-20(9-11-21)26-24(19-6-4-3-5-7-19)25-22(12-13-28-27(25)32-26)29-18-23-33-16-17-34-23;1-29(2)14-15-32-18-10-8-17(9-11-18)22-20(16-6-4-3-5-7-16)21-19(12-13-28-23(21)33-22)34-35(30,31)24(25,26)27;1-6-4(3-5)7-2;3-1-2-4/h5-15,23H,16-18H2,1-4H3,(H,28,29);3-13,23H,14-18H2,1-2H3,(H,28,29);3-13H,14-15H2,1-2H3;4H,3,5H2,1-2H3;3-4H,1-2H2. The van der Waals surface area contributed by atoms with Gasteiger partial charge in [-0.2, -0.15) is 46.8 Å². The van der Waals surface area contributed by atoms with E-state index in [0.717, 1.165) is 128 Å². The van der Waals surface area contributed by atoms with Crippen LogP contribution in [0.3, 0.4) is 0 Å². The molecule has 0 unspecified atom stereocenters. The first-order chi connectivity index (χ1) is 55.1. The summed E-state index contributed by atoms with van der Waals surface area (Å²) in [4.78, 5) is 19.4. The molecule has 1 fully saturated rings. The Hall–Kier alpha value is -8.99. The van der Waals surface area contributed by atoms with Gasteiger partial charge < -0.3 is 81.7 Å². The van der Waals surface area contributed by atoms with Gasteiger partial charge in [0.25, 0.3) is 0 Å². The van der Waals surface area contributed by atoms with Crippen molar-refractivity contribution in [3.63, 3.8) is 0 Å². The summed E-state index contributed by atoms with van der Waals surface area (Å²) in [6.07, 6.45) is 4.08. The number of hydrogen-bond acceptors (Lipinski definition) is 26. The smallest absolute Gasteiger partial charge is 0.492 e. The molecule has 608 valence electrons. The first kappa shape index (κ1) is 89.0. The molecule has 0 atom stereocenters. The number of ether oxygens (including phenoxy) is 7. The van der Waals surface area contributed by atoms with Crippen LogP contribution in [0.4, 0.5) is 24.5 Å². The first-order valence-corrected chi connectivity index (χ1v) is 41.2. The van der Waals surface area contributed by atoms with Crippen LogP contribution in [0.2, 0.25) is 0 Å². The lowest BCUT2D eigenvalue weighted by atomic mass is 9.98. The number of fused-ring (bicyclic) bond motifs is 3. The minimum absolute atomic E-state index is 0.00725. The summed E-state index contributed by atoms with van der Waals surface area (Å²) >= 11 is 11.7. The molecule has 0 spiro atoms. The number of nitrogens with one attached hydrogen (secondary N) is 2. The van der Waals surface area contributed by atoms with E-state index in [1.165, 1.54) is 11.5 Å². The number of thioether (sulfide) groups is 2. The number of rotatable bonds is 32. The molecule has 6 aromatic heterocycles. The molecular formula is C84H98F3N9O13S5. The fraction of sp³-hybridized carbons (Fsp3) is 0.321. The number of methoxy groups -OCH3 is 4. The van der Waals surface area contributed by atoms with E-state index in [1.54, 1.807) is 89.2 Å². The third-order valence-corrected chi connectivity index (χ3v) is 21.9. The summed E-state index contributed by atoms with van der Waals surface area (Å²) in [7, 11) is 12.5. The molecule has 1 aliphatic rings. The summed E-state index contributed by atoms with van der Waals surface area (Å²) in [5.74, 6) is 7.86. The molecule has 0 bridgehead atoms. The van der Waals surface area contributed by atoms with E-state index in [-0.39, 0.29) is 23.7 Å². The number of aromatic nitrogens is 3. The highest BCUT2D eigenvalue weighted by Crippen LogP contribution is 2.48. The van der Waals surface area contributed by atoms with E-state index < -0.39 is 21.4 Å². The van der Waals surface area contributed by atoms with Crippen LogP contribution in [0.25, 0.3) is 101 Å². The van der Waals surface area contributed by atoms with Gasteiger partial charge in [0, 0.05) is 142 Å². The Morgan fingerprint density at radius 3 is 1.15 bits per heavy atom. The average Bonchev–Trinajstić information content (AvgIpc) is 1.62. The molecule has 30 heteroatoms. The van der Waals surface area contributed by atoms with Crippen molar-refractivity contribution in [2.45, 2.75) is 22.7 Å². The van der Waals surface area contributed by atoms with Crippen molar-refractivity contribution in [1.29, 1.82) is 0 Å². The minimum atomic E-state index is -5.91. The number of pyridine rings is 3. The molecule has 6 aromatic carbocycles. The Kier molecular flexibility index (Phi) is 34.9. The number of nitrogens with two attached hydrogens (primary N) is 1. The van der Waals surface area contributed by atoms with Crippen LogP contribution in [0.5, 0.6) is 23.0 Å². The van der Waals surface area contributed by atoms with Gasteiger partial charge in [-0.3, -0.25) is 0 Å². The first-order valence-electron chi connectivity index (χ1n) is 36.4. The molecule has 114 heavy (non-hydrogen) atoms. The van der Waals surface area contributed by atoms with Crippen molar-refractivity contribution in [2.75, 3.05) is 163 Å². The van der Waals surface area contributed by atoms with Gasteiger partial charge in [-0.05, 0) is 155 Å². The highest BCUT2D eigenvalue weighted by Gasteiger charge is 2.49. The van der Waals surface area contributed by atoms with Crippen molar-refractivity contribution < 1.29 is 72.2 Å². The maximum absolute atomic E-state index is 13.0. The highest BCUT2D eigenvalue weighted by molar-refractivity contribution is 8.20. The third kappa shape index (κ3) is 25.0. The maximum Gasteiger partial charge on any atom is 0.534 e. The molecule has 7 heterocycles. The normalized spacial score (nSPS) is 12.3. The van der Waals surface area contributed by atoms with Crippen molar-refractivity contribution in [3.05, 3.63) is 201 Å². The minimum Gasteiger partial charge on any atom is -0.492 e. The van der Waals surface area contributed by atoms with Crippen molar-refractivity contribution in [3.8, 4) is 90.3 Å². The lowest BCUT2D eigenvalue weighted by Crippen LogP contribution is -2.28. The fourth-order valence-corrected chi connectivity index (χ4v) is 14.6. The Labute approximate surface area is 683 Å². The Balaban J connectivity index is 0.000000183. The third-order valence-electron chi connectivity index (χ3n) is 17.1. The molecule has 13 rings (SSSR count). The molecule has 0 amide bonds. The van der Waals surface area contributed by atoms with Gasteiger partial charge in [0.15, 0.2) is 18.3 Å². The van der Waals surface area contributed by atoms with Gasteiger partial charge in [0.05, 0.1) is 27.3 Å². The largest absolute Gasteiger partial charge is 0.534 e. The van der Waals surface area contributed by atoms with Crippen molar-refractivity contribution in [1.82, 2.24) is 29.7 Å². The molecule has 1 aliphatic heterocycles. The number of anilines is 2. The van der Waals surface area contributed by atoms with Crippen LogP contribution in [0.1, 0.15) is 0 Å². The van der Waals surface area contributed by atoms with Crippen LogP contribution < -0.4 is 34.8 Å². The summed E-state index contributed by atoms with van der Waals surface area (Å²) < 4.78 is 124. The summed E-state index contributed by atoms with van der Waals surface area (Å²) in [5, 5.41) is 9.07. The fourth-order valence-electron chi connectivity index (χ4n) is 11.4. The highest BCUT2D eigenvalue weighted by atomic mass is 32.2. The van der Waals surface area contributed by atoms with Gasteiger partial charge in [0.1, 0.15) is 54.3 Å². The van der Waals surface area contributed by atoms with E-state index in [0.29, 0.717) is 77.1 Å². The van der Waals surface area contributed by atoms with Gasteiger partial charge in [-0.15, -0.1) is 23.5 Å². The van der Waals surface area contributed by atoms with E-state index >= 15 is 0 Å². The SMILES string of the molecule is CN(C)CCOc1ccc(-c2oc3nccc(NCC4SCCS4)c3c2-c2ccccc2)cc1.CN(C)CCOc1ccc(-c2oc3nccc(OS(=O)(=O)C(F)(F)F)c3c2-c2ccccc2)cc1.COC(CN)OC.COC(CNc1ccnc2oc(-c3ccc(OCCN(C)C)cc3)c(-c3ccccc3)c12)OC.SCCS. The number of halogens is 3. The Morgan fingerprint density at radius 1 is 0.482 bits per heavy atom. The molecule has 0 aliphatic carbocycles. The Bertz CT molecular complexity index is 4780. The molecule has 22 nitrogen and oxygen atoms in total. The number of alkyl halides is 3. The number of likely N-dealkylation sites (N-methyl/N-ethyl adjacent to an activating group) is 3. The second-order valence-corrected chi connectivity index (χ2v) is 31.4. The molecular weight excluding hydrogens is 1560 g/mol. The van der Waals surface area contributed by atoms with E-state index in [2.05, 4.69) is 119 Å². The van der Waals surface area contributed by atoms with Crippen molar-refractivity contribution >= 4 is 104 Å². The van der Waals surface area contributed by atoms with Gasteiger partial charge >= 0.3 is 15.6 Å². The maximum atomic E-state index is 13.0. The quantitative estimate of drug-likeness (QED) is 0.0114. The summed E-state index contributed by atoms with van der Waals surface area (Å²) in [5.41, 5.74) is 10.4. The summed E-state index contributed by atoms with van der Waals surface area (Å²) in [6, 6.07) is 57.5. The lowest BCUT2D eigenvalue weighted by molar-refractivity contribution is -0.0940. The van der Waals surface area contributed by atoms with Gasteiger partial charge in [-0.1, -0.05) is 91.0 Å². The van der Waals surface area contributed by atoms with Crippen LogP contribution >= 0.6 is 48.8 Å². The number of furan rings is 3. The van der Waals surface area contributed by atoms with Crippen LogP contribution in [-0.2, 0) is 29.1 Å². The second kappa shape index (κ2) is 44.8. The zero-order chi connectivity index (χ0) is 81.6. The van der Waals surface area contributed by atoms with Crippen molar-refractivity contribution in [2.24, 2.45) is 5.73 Å². The molecule has 12 aromatic rings. The van der Waals surface area contributed by atoms with Gasteiger partial charge in [-0.25, -0.2) is 15.0 Å². The van der Waals surface area contributed by atoms with Crippen LogP contribution in [0.15, 0.2) is 214 Å². The number of thiol groups is 2. The molecule has 4 N–H and O–H groups in total. The molecule has 0 saturated carbocycles. The second-order valence-electron chi connectivity index (χ2n) is 26.0. The Morgan fingerprint density at radius 2 is 0.825 bits per heavy atom. The molecule has 0 radical (unpaired) electrons. The summed E-state index contributed by atoms with van der Waals surface area (Å²) in [6.45, 7) is 6.07. The predicted octanol–water partition coefficient (Wildman–Crippen LogP) is 17.2.